The molecule has 0 saturated carbocycles. The Balaban J connectivity index is 2.23. The van der Waals surface area contributed by atoms with Gasteiger partial charge in [-0.25, -0.2) is 13.4 Å². The van der Waals surface area contributed by atoms with E-state index in [1.807, 2.05) is 0 Å². The number of anilines is 1. The van der Waals surface area contributed by atoms with Gasteiger partial charge in [0, 0.05) is 11.3 Å². The Hall–Kier alpha value is -2.36. The smallest absolute Gasteiger partial charge is 0.263 e. The maximum Gasteiger partial charge on any atom is 0.263 e. The fourth-order valence-electron chi connectivity index (χ4n) is 1.66. The summed E-state index contributed by atoms with van der Waals surface area (Å²) in [5.41, 5.74) is 1.36. The van der Waals surface area contributed by atoms with Gasteiger partial charge >= 0.3 is 0 Å². The van der Waals surface area contributed by atoms with Gasteiger partial charge in [-0.05, 0) is 43.3 Å². The van der Waals surface area contributed by atoms with Crippen LogP contribution in [-0.4, -0.2) is 25.1 Å². The lowest BCUT2D eigenvalue weighted by molar-refractivity contribution is 0.350. The van der Waals surface area contributed by atoms with E-state index in [0.29, 0.717) is 5.56 Å². The van der Waals surface area contributed by atoms with Gasteiger partial charge in [-0.3, -0.25) is 4.72 Å². The molecule has 1 aromatic heterocycles. The number of sulfonamides is 1. The minimum atomic E-state index is -3.68. The third-order valence-electron chi connectivity index (χ3n) is 2.60. The fourth-order valence-corrected chi connectivity index (χ4v) is 2.66. The molecule has 0 bridgehead atoms. The van der Waals surface area contributed by atoms with Gasteiger partial charge < -0.3 is 5.11 Å². The van der Waals surface area contributed by atoms with E-state index in [1.54, 1.807) is 37.3 Å². The molecule has 108 valence electrons. The number of nitrogens with one attached hydrogen (secondary N) is 1. The molecule has 0 atom stereocenters. The molecule has 0 amide bonds. The summed E-state index contributed by atoms with van der Waals surface area (Å²) in [5, 5.41) is 8.61. The third kappa shape index (κ3) is 4.05. The van der Waals surface area contributed by atoms with Crippen LogP contribution in [0.15, 0.2) is 47.4 Å². The lowest BCUT2D eigenvalue weighted by Crippen LogP contribution is -2.14. The van der Waals surface area contributed by atoms with E-state index in [0.717, 1.165) is 5.69 Å². The first-order valence-electron chi connectivity index (χ1n) is 6.17. The van der Waals surface area contributed by atoms with E-state index in [-0.39, 0.29) is 17.3 Å². The van der Waals surface area contributed by atoms with Gasteiger partial charge in [-0.1, -0.05) is 17.9 Å². The summed E-state index contributed by atoms with van der Waals surface area (Å²) in [6.45, 7) is 1.55. The molecule has 2 N–H and O–H groups in total. The SMILES string of the molecule is Cc1cccc(NS(=O)(=O)c2ccc(C#CCO)cc2)n1. The quantitative estimate of drug-likeness (QED) is 0.843. The Bertz CT molecular complexity index is 788. The number of aryl methyl sites for hydroxylation is 1. The van der Waals surface area contributed by atoms with Crippen LogP contribution in [0, 0.1) is 18.8 Å². The van der Waals surface area contributed by atoms with E-state index in [1.165, 1.54) is 12.1 Å². The lowest BCUT2D eigenvalue weighted by atomic mass is 10.2. The summed E-state index contributed by atoms with van der Waals surface area (Å²) >= 11 is 0. The van der Waals surface area contributed by atoms with Crippen LogP contribution in [0.1, 0.15) is 11.3 Å². The zero-order chi connectivity index (χ0) is 15.3. The molecule has 5 nitrogen and oxygen atoms in total. The van der Waals surface area contributed by atoms with Crippen molar-refractivity contribution in [1.82, 2.24) is 4.98 Å². The molecule has 0 aliphatic rings. The highest BCUT2D eigenvalue weighted by Gasteiger charge is 2.14. The number of aliphatic hydroxyl groups is 1. The van der Waals surface area contributed by atoms with Crippen LogP contribution in [0.3, 0.4) is 0 Å². The van der Waals surface area contributed by atoms with Crippen LogP contribution < -0.4 is 4.72 Å². The molecule has 0 aliphatic heterocycles. The number of hydrogen-bond donors (Lipinski definition) is 2. The van der Waals surface area contributed by atoms with Gasteiger partial charge in [0.1, 0.15) is 12.4 Å². The van der Waals surface area contributed by atoms with Crippen LogP contribution in [0.25, 0.3) is 0 Å². The molecule has 0 radical (unpaired) electrons. The summed E-state index contributed by atoms with van der Waals surface area (Å²) < 4.78 is 26.8. The second-order valence-corrected chi connectivity index (χ2v) is 5.94. The summed E-state index contributed by atoms with van der Waals surface area (Å²) in [7, 11) is -3.68. The summed E-state index contributed by atoms with van der Waals surface area (Å²) in [5.74, 6) is 5.48. The topological polar surface area (TPSA) is 79.3 Å². The van der Waals surface area contributed by atoms with Crippen LogP contribution in [0.4, 0.5) is 5.82 Å². The first kappa shape index (κ1) is 15.0. The first-order valence-corrected chi connectivity index (χ1v) is 7.66. The molecule has 0 unspecified atom stereocenters. The molecular weight excluding hydrogens is 288 g/mol. The van der Waals surface area contributed by atoms with Gasteiger partial charge in [0.25, 0.3) is 10.0 Å². The predicted octanol–water partition coefficient (Wildman–Crippen LogP) is 1.53. The predicted molar refractivity (Wildman–Crippen MR) is 80.2 cm³/mol. The van der Waals surface area contributed by atoms with Crippen molar-refractivity contribution in [2.45, 2.75) is 11.8 Å². The van der Waals surface area contributed by atoms with Gasteiger partial charge in [0.15, 0.2) is 0 Å². The number of nitrogens with zero attached hydrogens (tertiary/aromatic N) is 1. The van der Waals surface area contributed by atoms with E-state index in [4.69, 9.17) is 5.11 Å². The molecule has 0 fully saturated rings. The second kappa shape index (κ2) is 6.39. The highest BCUT2D eigenvalue weighted by atomic mass is 32.2. The highest BCUT2D eigenvalue weighted by Crippen LogP contribution is 2.15. The molecule has 2 aromatic rings. The van der Waals surface area contributed by atoms with Crippen molar-refractivity contribution < 1.29 is 13.5 Å². The summed E-state index contributed by atoms with van der Waals surface area (Å²) in [6, 6.07) is 11.2. The maximum absolute atomic E-state index is 12.2. The number of pyridine rings is 1. The lowest BCUT2D eigenvalue weighted by Gasteiger charge is -2.07. The van der Waals surface area contributed by atoms with E-state index < -0.39 is 10.0 Å². The molecule has 0 aliphatic carbocycles. The standard InChI is InChI=1S/C15H14N2O3S/c1-12-4-2-6-15(16-12)17-21(19,20)14-9-7-13(8-10-14)5-3-11-18/h2,4,6-10,18H,11H2,1H3,(H,16,17). The van der Waals surface area contributed by atoms with Gasteiger partial charge in [0.2, 0.25) is 0 Å². The molecular formula is C15H14N2O3S. The first-order chi connectivity index (χ1) is 10.0. The summed E-state index contributed by atoms with van der Waals surface area (Å²) in [6.07, 6.45) is 0. The normalized spacial score (nSPS) is 10.6. The van der Waals surface area contributed by atoms with Crippen molar-refractivity contribution in [3.63, 3.8) is 0 Å². The van der Waals surface area contributed by atoms with Crippen LogP contribution in [-0.2, 0) is 10.0 Å². The highest BCUT2D eigenvalue weighted by molar-refractivity contribution is 7.92. The zero-order valence-corrected chi connectivity index (χ0v) is 12.2. The van der Waals surface area contributed by atoms with Crippen molar-refractivity contribution in [3.8, 4) is 11.8 Å². The van der Waals surface area contributed by atoms with Crippen molar-refractivity contribution in [3.05, 3.63) is 53.7 Å². The molecule has 21 heavy (non-hydrogen) atoms. The van der Waals surface area contributed by atoms with Gasteiger partial charge in [-0.15, -0.1) is 0 Å². The maximum atomic E-state index is 12.2. The minimum absolute atomic E-state index is 0.125. The van der Waals surface area contributed by atoms with Crippen molar-refractivity contribution in [2.75, 3.05) is 11.3 Å². The number of benzene rings is 1. The Morgan fingerprint density at radius 1 is 1.19 bits per heavy atom. The monoisotopic (exact) mass is 302 g/mol. The number of rotatable bonds is 3. The number of aromatic nitrogens is 1. The van der Waals surface area contributed by atoms with Crippen molar-refractivity contribution in [1.29, 1.82) is 0 Å². The Morgan fingerprint density at radius 2 is 1.90 bits per heavy atom. The average Bonchev–Trinajstić information content (AvgIpc) is 2.45. The molecule has 6 heteroatoms. The molecule has 0 saturated heterocycles. The van der Waals surface area contributed by atoms with Crippen LogP contribution in [0.2, 0.25) is 0 Å². The third-order valence-corrected chi connectivity index (χ3v) is 3.97. The zero-order valence-electron chi connectivity index (χ0n) is 11.4. The number of aliphatic hydroxyl groups excluding tert-OH is 1. The Kier molecular flexibility index (Phi) is 4.58. The second-order valence-electron chi connectivity index (χ2n) is 4.25. The average molecular weight is 302 g/mol. The Morgan fingerprint density at radius 3 is 2.52 bits per heavy atom. The molecule has 1 aromatic carbocycles. The fraction of sp³-hybridized carbons (Fsp3) is 0.133. The van der Waals surface area contributed by atoms with Crippen molar-refractivity contribution >= 4 is 15.8 Å². The molecule has 0 spiro atoms. The van der Waals surface area contributed by atoms with Gasteiger partial charge in [0.05, 0.1) is 4.90 Å². The van der Waals surface area contributed by atoms with E-state index in [2.05, 4.69) is 21.5 Å². The van der Waals surface area contributed by atoms with E-state index in [9.17, 15) is 8.42 Å². The van der Waals surface area contributed by atoms with Crippen LogP contribution >= 0.6 is 0 Å². The largest absolute Gasteiger partial charge is 0.384 e. The molecule has 1 heterocycles. The Labute approximate surface area is 123 Å². The number of hydrogen-bond acceptors (Lipinski definition) is 4. The van der Waals surface area contributed by atoms with Crippen LogP contribution in [0.5, 0.6) is 0 Å². The van der Waals surface area contributed by atoms with Crippen molar-refractivity contribution in [2.24, 2.45) is 0 Å². The summed E-state index contributed by atoms with van der Waals surface area (Å²) in [4.78, 5) is 4.23. The van der Waals surface area contributed by atoms with E-state index >= 15 is 0 Å². The minimum Gasteiger partial charge on any atom is -0.384 e. The molecule has 2 rings (SSSR count). The van der Waals surface area contributed by atoms with Gasteiger partial charge in [-0.2, -0.15) is 0 Å².